The van der Waals surface area contributed by atoms with Crippen LogP contribution in [0.25, 0.3) is 0 Å². The summed E-state index contributed by atoms with van der Waals surface area (Å²) in [5.41, 5.74) is 7.63. The first-order valence-corrected chi connectivity index (χ1v) is 11.3. The van der Waals surface area contributed by atoms with Gasteiger partial charge in [-0.2, -0.15) is 0 Å². The predicted molar refractivity (Wildman–Crippen MR) is 117 cm³/mol. The fourth-order valence-corrected chi connectivity index (χ4v) is 7.71. The average molecular weight is 424 g/mol. The van der Waals surface area contributed by atoms with Gasteiger partial charge in [-0.15, -0.1) is 12.4 Å². The second kappa shape index (κ2) is 8.00. The lowest BCUT2D eigenvalue weighted by molar-refractivity contribution is -0.149. The molecular formula is C24H38ClNO3. The van der Waals surface area contributed by atoms with Gasteiger partial charge in [0, 0.05) is 5.92 Å². The topological polar surface area (TPSA) is 69.4 Å². The molecule has 5 heteroatoms. The van der Waals surface area contributed by atoms with Crippen LogP contribution in [0.3, 0.4) is 0 Å². The minimum absolute atomic E-state index is 0. The molecule has 4 nitrogen and oxygen atoms in total. The van der Waals surface area contributed by atoms with Crippen molar-refractivity contribution in [2.45, 2.75) is 91.2 Å². The molecular weight excluding hydrogens is 386 g/mol. The van der Waals surface area contributed by atoms with Gasteiger partial charge < -0.3 is 10.5 Å². The fourth-order valence-electron chi connectivity index (χ4n) is 7.71. The molecule has 0 aromatic rings. The highest BCUT2D eigenvalue weighted by atomic mass is 35.5. The molecule has 0 saturated heterocycles. The summed E-state index contributed by atoms with van der Waals surface area (Å²) in [4.78, 5) is 24.2. The smallest absolute Gasteiger partial charge is 0.323 e. The van der Waals surface area contributed by atoms with Gasteiger partial charge in [0.25, 0.3) is 0 Å². The van der Waals surface area contributed by atoms with E-state index in [2.05, 4.69) is 19.9 Å². The monoisotopic (exact) mass is 423 g/mol. The van der Waals surface area contributed by atoms with Gasteiger partial charge in [-0.1, -0.05) is 19.4 Å². The average Bonchev–Trinajstić information content (AvgIpc) is 2.99. The second-order valence-corrected chi connectivity index (χ2v) is 10.6. The van der Waals surface area contributed by atoms with Gasteiger partial charge in [-0.3, -0.25) is 9.59 Å². The first-order chi connectivity index (χ1) is 13.2. The number of allylic oxidation sites excluding steroid dienone is 1. The molecule has 0 amide bonds. The molecule has 8 atom stereocenters. The number of esters is 1. The summed E-state index contributed by atoms with van der Waals surface area (Å²) in [6.07, 6.45) is 11.2. The molecule has 0 aromatic heterocycles. The van der Waals surface area contributed by atoms with Gasteiger partial charge in [-0.05, 0) is 99.9 Å². The second-order valence-electron chi connectivity index (χ2n) is 10.6. The molecule has 0 radical (unpaired) electrons. The van der Waals surface area contributed by atoms with Crippen LogP contribution in [0.2, 0.25) is 0 Å². The lowest BCUT2D eigenvalue weighted by atomic mass is 9.46. The Hall–Kier alpha value is -0.870. The van der Waals surface area contributed by atoms with E-state index in [0.29, 0.717) is 17.6 Å². The molecule has 3 saturated carbocycles. The highest BCUT2D eigenvalue weighted by Crippen LogP contribution is 2.66. The summed E-state index contributed by atoms with van der Waals surface area (Å²) >= 11 is 0. The van der Waals surface area contributed by atoms with E-state index in [1.807, 2.05) is 0 Å². The van der Waals surface area contributed by atoms with Crippen molar-refractivity contribution in [2.24, 2.45) is 40.2 Å². The van der Waals surface area contributed by atoms with Crippen LogP contribution < -0.4 is 5.73 Å². The molecule has 4 aliphatic rings. The van der Waals surface area contributed by atoms with Crippen molar-refractivity contribution in [3.05, 3.63) is 11.6 Å². The molecule has 0 heterocycles. The predicted octanol–water partition coefficient (Wildman–Crippen LogP) is 4.84. The number of carbonyl (C=O) groups is 2. The molecule has 29 heavy (non-hydrogen) atoms. The lowest BCUT2D eigenvalue weighted by Crippen LogP contribution is -2.51. The van der Waals surface area contributed by atoms with Crippen LogP contribution in [-0.4, -0.2) is 23.9 Å². The van der Waals surface area contributed by atoms with E-state index in [9.17, 15) is 9.59 Å². The molecule has 2 N–H and O–H groups in total. The van der Waals surface area contributed by atoms with E-state index in [0.717, 1.165) is 31.6 Å². The normalized spacial score (nSPS) is 44.3. The van der Waals surface area contributed by atoms with E-state index in [1.165, 1.54) is 31.3 Å². The maximum Gasteiger partial charge on any atom is 0.323 e. The number of fused-ring (bicyclic) bond motifs is 5. The van der Waals surface area contributed by atoms with Crippen molar-refractivity contribution in [3.8, 4) is 0 Å². The van der Waals surface area contributed by atoms with E-state index in [4.69, 9.17) is 10.5 Å². The van der Waals surface area contributed by atoms with Crippen LogP contribution in [0.15, 0.2) is 11.6 Å². The van der Waals surface area contributed by atoms with Crippen LogP contribution in [-0.2, 0) is 14.3 Å². The highest BCUT2D eigenvalue weighted by Gasteiger charge is 2.59. The number of nitrogens with two attached hydrogens (primary N) is 1. The van der Waals surface area contributed by atoms with Crippen molar-refractivity contribution in [2.75, 3.05) is 0 Å². The van der Waals surface area contributed by atoms with Gasteiger partial charge in [0.1, 0.15) is 17.9 Å². The Balaban J connectivity index is 0.00000240. The third kappa shape index (κ3) is 3.59. The Morgan fingerprint density at radius 2 is 1.83 bits per heavy atom. The molecule has 164 valence electrons. The largest absolute Gasteiger partial charge is 0.457 e. The quantitative estimate of drug-likeness (QED) is 0.521. The number of ether oxygens (including phenoxy) is 1. The minimum Gasteiger partial charge on any atom is -0.457 e. The summed E-state index contributed by atoms with van der Waals surface area (Å²) in [5.74, 6) is 2.54. The van der Waals surface area contributed by atoms with Crippen molar-refractivity contribution < 1.29 is 14.3 Å². The fraction of sp³-hybridized carbons (Fsp3) is 0.833. The number of hydrogen-bond donors (Lipinski definition) is 1. The number of carbonyl (C=O) groups excluding carboxylic acids is 2. The van der Waals surface area contributed by atoms with Crippen LogP contribution >= 0.6 is 12.4 Å². The van der Waals surface area contributed by atoms with Crippen LogP contribution in [0.5, 0.6) is 0 Å². The number of halogens is 1. The Morgan fingerprint density at radius 1 is 1.10 bits per heavy atom. The Kier molecular flexibility index (Phi) is 6.29. The molecule has 0 spiro atoms. The van der Waals surface area contributed by atoms with Gasteiger partial charge in [0.2, 0.25) is 0 Å². The zero-order chi connectivity index (χ0) is 20.3. The van der Waals surface area contributed by atoms with Crippen LogP contribution in [0, 0.1) is 34.5 Å². The van der Waals surface area contributed by atoms with Gasteiger partial charge in [0.15, 0.2) is 0 Å². The number of rotatable bonds is 3. The summed E-state index contributed by atoms with van der Waals surface area (Å²) in [6, 6.07) is -0.560. The molecule has 3 fully saturated rings. The lowest BCUT2D eigenvalue weighted by Gasteiger charge is -2.58. The number of Topliss-reactive ketones (excluding diaryl/α,β-unsaturated/α-hetero) is 1. The Labute approximate surface area is 181 Å². The Bertz CT molecular complexity index is 704. The molecule has 0 aromatic carbocycles. The first kappa shape index (κ1) is 22.8. The van der Waals surface area contributed by atoms with Crippen LogP contribution in [0.4, 0.5) is 0 Å². The Morgan fingerprint density at radius 3 is 2.48 bits per heavy atom. The maximum absolute atomic E-state index is 12.3. The van der Waals surface area contributed by atoms with Gasteiger partial charge >= 0.3 is 5.97 Å². The van der Waals surface area contributed by atoms with Gasteiger partial charge in [-0.25, -0.2) is 0 Å². The first-order valence-electron chi connectivity index (χ1n) is 11.3. The minimum atomic E-state index is -0.560. The summed E-state index contributed by atoms with van der Waals surface area (Å²) in [5, 5.41) is 0. The standard InChI is InChI=1S/C24H37NO3.ClH/c1-14(25)22(27)28-17-9-11-23(3)16(13-17)5-6-18-20-8-7-19(15(2)26)24(20,4)12-10-21(18)23;/h13-14,17-21H,5-12,25H2,1-4H3;1H/t14-,17-,18?,19+,20?,21?,23-,24+;/m0./s1. The maximum atomic E-state index is 12.3. The number of ketones is 1. The summed E-state index contributed by atoms with van der Waals surface area (Å²) in [6.45, 7) is 8.35. The molecule has 0 aliphatic heterocycles. The van der Waals surface area contributed by atoms with E-state index in [-0.39, 0.29) is 41.2 Å². The molecule has 0 bridgehead atoms. The third-order valence-corrected chi connectivity index (χ3v) is 9.20. The zero-order valence-corrected chi connectivity index (χ0v) is 19.2. The highest BCUT2D eigenvalue weighted by molar-refractivity contribution is 5.85. The van der Waals surface area contributed by atoms with Crippen molar-refractivity contribution in [3.63, 3.8) is 0 Å². The van der Waals surface area contributed by atoms with E-state index < -0.39 is 6.04 Å². The number of hydrogen-bond acceptors (Lipinski definition) is 4. The third-order valence-electron chi connectivity index (χ3n) is 9.20. The van der Waals surface area contributed by atoms with E-state index in [1.54, 1.807) is 13.8 Å². The van der Waals surface area contributed by atoms with Crippen molar-refractivity contribution in [1.29, 1.82) is 0 Å². The molecule has 4 rings (SSSR count). The SMILES string of the molecule is CC(=O)[C@H]1CCC2C3CCC4=C[C@@H](OC(=O)[C@H](C)N)CC[C@]4(C)C3CC[C@@]21C.Cl. The van der Waals surface area contributed by atoms with E-state index >= 15 is 0 Å². The molecule has 3 unspecified atom stereocenters. The van der Waals surface area contributed by atoms with Crippen molar-refractivity contribution >= 4 is 24.2 Å². The summed E-state index contributed by atoms with van der Waals surface area (Å²) < 4.78 is 5.63. The van der Waals surface area contributed by atoms with Crippen LogP contribution in [0.1, 0.15) is 79.1 Å². The molecule has 4 aliphatic carbocycles. The van der Waals surface area contributed by atoms with Gasteiger partial charge in [0.05, 0.1) is 0 Å². The zero-order valence-electron chi connectivity index (χ0n) is 18.4. The summed E-state index contributed by atoms with van der Waals surface area (Å²) in [7, 11) is 0. The van der Waals surface area contributed by atoms with Crippen molar-refractivity contribution in [1.82, 2.24) is 0 Å².